The Morgan fingerprint density at radius 1 is 1.46 bits per heavy atom. The van der Waals surface area contributed by atoms with Crippen molar-refractivity contribution in [1.29, 1.82) is 0 Å². The highest BCUT2D eigenvalue weighted by Crippen LogP contribution is 2.15. The fourth-order valence-corrected chi connectivity index (χ4v) is 1.76. The molecule has 0 aromatic carbocycles. The number of hydrogen-bond acceptors (Lipinski definition) is 2. The lowest BCUT2D eigenvalue weighted by Gasteiger charge is -2.04. The molecule has 1 aliphatic rings. The van der Waals surface area contributed by atoms with Crippen LogP contribution in [0.5, 0.6) is 0 Å². The number of aromatic nitrogens is 2. The summed E-state index contributed by atoms with van der Waals surface area (Å²) in [6.07, 6.45) is 5.72. The third-order valence-corrected chi connectivity index (χ3v) is 2.44. The Morgan fingerprint density at radius 2 is 2.31 bits per heavy atom. The average Bonchev–Trinajstić information content (AvgIpc) is 2.36. The molecule has 2 rings (SSSR count). The predicted molar refractivity (Wildman–Crippen MR) is 46.7 cm³/mol. The second kappa shape index (κ2) is 3.20. The lowest BCUT2D eigenvalue weighted by molar-refractivity contribution is 0.0684. The summed E-state index contributed by atoms with van der Waals surface area (Å²) >= 11 is 0. The second-order valence-corrected chi connectivity index (χ2v) is 3.33. The Hall–Kier alpha value is -1.32. The topological polar surface area (TPSA) is 55.1 Å². The van der Waals surface area contributed by atoms with Crippen molar-refractivity contribution in [2.75, 3.05) is 0 Å². The molecule has 13 heavy (non-hydrogen) atoms. The molecule has 0 saturated heterocycles. The van der Waals surface area contributed by atoms with Crippen LogP contribution >= 0.6 is 0 Å². The van der Waals surface area contributed by atoms with Crippen LogP contribution in [0.3, 0.4) is 0 Å². The Morgan fingerprint density at radius 3 is 3.08 bits per heavy atom. The number of rotatable bonds is 1. The molecule has 0 bridgehead atoms. The summed E-state index contributed by atoms with van der Waals surface area (Å²) in [7, 11) is 0. The number of fused-ring (bicyclic) bond motifs is 1. The van der Waals surface area contributed by atoms with Gasteiger partial charge in [0.1, 0.15) is 11.5 Å². The molecule has 1 aromatic heterocycles. The first-order valence-corrected chi connectivity index (χ1v) is 4.57. The van der Waals surface area contributed by atoms with Crippen LogP contribution < -0.4 is 0 Å². The van der Waals surface area contributed by atoms with Crippen molar-refractivity contribution in [3.63, 3.8) is 0 Å². The summed E-state index contributed by atoms with van der Waals surface area (Å²) in [4.78, 5) is 14.9. The summed E-state index contributed by atoms with van der Waals surface area (Å²) in [5.41, 5.74) is 0.330. The number of aryl methyl sites for hydroxylation is 1. The fraction of sp³-hybridized carbons (Fsp3) is 0.556. The standard InChI is InChI=1S/C9H12N2O2/c12-9(13)7-6-10-8-4-2-1-3-5-11(7)8/h6H,1-5H2,(H,12,13). The van der Waals surface area contributed by atoms with Crippen molar-refractivity contribution in [1.82, 2.24) is 9.55 Å². The highest BCUT2D eigenvalue weighted by atomic mass is 16.4. The number of carboxylic acids is 1. The summed E-state index contributed by atoms with van der Waals surface area (Å²) < 4.78 is 1.83. The van der Waals surface area contributed by atoms with Crippen LogP contribution in [0, 0.1) is 0 Å². The molecule has 1 aliphatic heterocycles. The van der Waals surface area contributed by atoms with Crippen molar-refractivity contribution in [3.05, 3.63) is 17.7 Å². The molecule has 4 heteroatoms. The van der Waals surface area contributed by atoms with E-state index < -0.39 is 5.97 Å². The first-order chi connectivity index (χ1) is 6.29. The SMILES string of the molecule is O=C(O)c1cnc2n1CCCCC2. The number of hydrogen-bond donors (Lipinski definition) is 1. The fourth-order valence-electron chi connectivity index (χ4n) is 1.76. The highest BCUT2D eigenvalue weighted by molar-refractivity contribution is 5.85. The molecule has 0 unspecified atom stereocenters. The smallest absolute Gasteiger partial charge is 0.354 e. The van der Waals surface area contributed by atoms with E-state index in [9.17, 15) is 4.79 Å². The van der Waals surface area contributed by atoms with E-state index in [1.54, 1.807) is 0 Å². The number of imidazole rings is 1. The van der Waals surface area contributed by atoms with Crippen molar-refractivity contribution in [2.24, 2.45) is 0 Å². The first-order valence-electron chi connectivity index (χ1n) is 4.57. The van der Waals surface area contributed by atoms with Crippen LogP contribution in [0.25, 0.3) is 0 Å². The number of carboxylic acid groups (broad SMARTS) is 1. The van der Waals surface area contributed by atoms with Crippen LogP contribution in [-0.4, -0.2) is 20.6 Å². The summed E-state index contributed by atoms with van der Waals surface area (Å²) in [5, 5.41) is 8.86. The van der Waals surface area contributed by atoms with Gasteiger partial charge in [0.15, 0.2) is 0 Å². The van der Waals surface area contributed by atoms with Gasteiger partial charge >= 0.3 is 5.97 Å². The van der Waals surface area contributed by atoms with Gasteiger partial charge in [0.05, 0.1) is 6.20 Å². The van der Waals surface area contributed by atoms with E-state index in [2.05, 4.69) is 4.98 Å². The van der Waals surface area contributed by atoms with Crippen molar-refractivity contribution < 1.29 is 9.90 Å². The van der Waals surface area contributed by atoms with Crippen LogP contribution in [0.2, 0.25) is 0 Å². The first kappa shape index (κ1) is 8.29. The van der Waals surface area contributed by atoms with Gasteiger partial charge in [-0.15, -0.1) is 0 Å². The summed E-state index contributed by atoms with van der Waals surface area (Å²) in [5.74, 6) is 0.0514. The molecule has 1 aromatic rings. The quantitative estimate of drug-likeness (QED) is 0.708. The van der Waals surface area contributed by atoms with E-state index >= 15 is 0 Å². The van der Waals surface area contributed by atoms with E-state index in [4.69, 9.17) is 5.11 Å². The van der Waals surface area contributed by atoms with Crippen LogP contribution in [0.4, 0.5) is 0 Å². The molecule has 0 saturated carbocycles. The molecule has 0 spiro atoms. The minimum absolute atomic E-state index is 0.330. The monoisotopic (exact) mass is 180 g/mol. The zero-order valence-corrected chi connectivity index (χ0v) is 7.36. The summed E-state index contributed by atoms with van der Waals surface area (Å²) in [6.45, 7) is 0.803. The molecule has 0 aliphatic carbocycles. The number of carbonyl (C=O) groups is 1. The molecule has 1 N–H and O–H groups in total. The maximum Gasteiger partial charge on any atom is 0.354 e. The molecule has 0 fully saturated rings. The molecular weight excluding hydrogens is 168 g/mol. The van der Waals surface area contributed by atoms with Gasteiger partial charge in [0.25, 0.3) is 0 Å². The largest absolute Gasteiger partial charge is 0.477 e. The predicted octanol–water partition coefficient (Wildman–Crippen LogP) is 1.31. The molecule has 4 nitrogen and oxygen atoms in total. The van der Waals surface area contributed by atoms with Crippen LogP contribution in [-0.2, 0) is 13.0 Å². The Labute approximate surface area is 76.2 Å². The van der Waals surface area contributed by atoms with Crippen molar-refractivity contribution in [2.45, 2.75) is 32.2 Å². The van der Waals surface area contributed by atoms with Gasteiger partial charge < -0.3 is 9.67 Å². The minimum Gasteiger partial charge on any atom is -0.477 e. The average molecular weight is 180 g/mol. The van der Waals surface area contributed by atoms with Crippen LogP contribution in [0.1, 0.15) is 35.6 Å². The van der Waals surface area contributed by atoms with Gasteiger partial charge in [-0.05, 0) is 12.8 Å². The van der Waals surface area contributed by atoms with Crippen molar-refractivity contribution in [3.8, 4) is 0 Å². The molecule has 0 radical (unpaired) electrons. The lowest BCUT2D eigenvalue weighted by atomic mass is 10.2. The molecule has 2 heterocycles. The highest BCUT2D eigenvalue weighted by Gasteiger charge is 2.16. The van der Waals surface area contributed by atoms with Gasteiger partial charge in [-0.2, -0.15) is 0 Å². The van der Waals surface area contributed by atoms with Crippen LogP contribution in [0.15, 0.2) is 6.20 Å². The van der Waals surface area contributed by atoms with Gasteiger partial charge in [0, 0.05) is 13.0 Å². The normalized spacial score (nSPS) is 16.3. The molecule has 70 valence electrons. The molecule has 0 atom stereocenters. The molecular formula is C9H12N2O2. The van der Waals surface area contributed by atoms with E-state index in [0.717, 1.165) is 31.6 Å². The Kier molecular flexibility index (Phi) is 2.04. The van der Waals surface area contributed by atoms with Crippen molar-refractivity contribution >= 4 is 5.97 Å². The molecule has 0 amide bonds. The van der Waals surface area contributed by atoms with E-state index in [1.807, 2.05) is 4.57 Å². The minimum atomic E-state index is -0.874. The third kappa shape index (κ3) is 1.43. The third-order valence-electron chi connectivity index (χ3n) is 2.44. The lowest BCUT2D eigenvalue weighted by Crippen LogP contribution is -2.09. The van der Waals surface area contributed by atoms with E-state index in [1.165, 1.54) is 12.6 Å². The van der Waals surface area contributed by atoms with E-state index in [-0.39, 0.29) is 0 Å². The van der Waals surface area contributed by atoms with E-state index in [0.29, 0.717) is 5.69 Å². The maximum atomic E-state index is 10.8. The van der Waals surface area contributed by atoms with Gasteiger partial charge in [-0.3, -0.25) is 0 Å². The summed E-state index contributed by atoms with van der Waals surface area (Å²) in [6, 6.07) is 0. The zero-order valence-electron chi connectivity index (χ0n) is 7.36. The number of nitrogens with zero attached hydrogens (tertiary/aromatic N) is 2. The Balaban J connectivity index is 2.39. The number of aromatic carboxylic acids is 1. The Bertz CT molecular complexity index is 330. The van der Waals surface area contributed by atoms with Gasteiger partial charge in [0.2, 0.25) is 0 Å². The maximum absolute atomic E-state index is 10.8. The van der Waals surface area contributed by atoms with Gasteiger partial charge in [-0.1, -0.05) is 6.42 Å². The van der Waals surface area contributed by atoms with Gasteiger partial charge in [-0.25, -0.2) is 9.78 Å². The second-order valence-electron chi connectivity index (χ2n) is 3.33. The zero-order chi connectivity index (χ0) is 9.26.